The summed E-state index contributed by atoms with van der Waals surface area (Å²) in [6, 6.07) is 6.75. The minimum absolute atomic E-state index is 0.202. The molecule has 0 heterocycles. The summed E-state index contributed by atoms with van der Waals surface area (Å²) in [5, 5.41) is 8.92. The van der Waals surface area contributed by atoms with E-state index in [1.54, 1.807) is 32.3 Å². The van der Waals surface area contributed by atoms with Crippen LogP contribution in [0.3, 0.4) is 0 Å². The number of benzene rings is 1. The zero-order chi connectivity index (χ0) is 10.7. The number of hydrogen-bond donors (Lipinski definition) is 0. The molecule has 0 saturated heterocycles. The Hall–Kier alpha value is -1.53. The van der Waals surface area contributed by atoms with Crippen molar-refractivity contribution >= 4 is 17.5 Å². The topological polar surface area (TPSA) is 44.1 Å². The van der Waals surface area contributed by atoms with Crippen LogP contribution in [0.15, 0.2) is 18.2 Å². The predicted octanol–water partition coefficient (Wildman–Crippen LogP) is 1.91. The molecule has 0 unspecified atom stereocenters. The molecule has 0 bridgehead atoms. The van der Waals surface area contributed by atoms with Crippen LogP contribution in [0, 0.1) is 11.3 Å². The van der Waals surface area contributed by atoms with Crippen LogP contribution in [0.25, 0.3) is 0 Å². The fraction of sp³-hybridized carbons (Fsp3) is 0.200. The van der Waals surface area contributed by atoms with Crippen molar-refractivity contribution in [2.75, 3.05) is 14.1 Å². The molecule has 0 N–H and O–H groups in total. The van der Waals surface area contributed by atoms with E-state index in [1.165, 1.54) is 4.90 Å². The number of amides is 1. The maximum absolute atomic E-state index is 11.6. The molecular weight excluding hydrogens is 200 g/mol. The van der Waals surface area contributed by atoms with Gasteiger partial charge in [0.2, 0.25) is 0 Å². The molecule has 0 aliphatic rings. The molecule has 0 aromatic heterocycles. The Labute approximate surface area is 87.5 Å². The lowest BCUT2D eigenvalue weighted by Crippen LogP contribution is -2.22. The van der Waals surface area contributed by atoms with E-state index in [4.69, 9.17) is 16.9 Å². The number of carbonyl (C=O) groups excluding carboxylic acids is 1. The van der Waals surface area contributed by atoms with Gasteiger partial charge in [0.05, 0.1) is 16.1 Å². The Balaban J connectivity index is 3.24. The SMILES string of the molecule is CN(C)C(=O)c1cccc(C#N)c1Cl. The first-order valence-electron chi connectivity index (χ1n) is 3.98. The van der Waals surface area contributed by atoms with Crippen LogP contribution in [-0.2, 0) is 0 Å². The first kappa shape index (κ1) is 10.6. The number of hydrogen-bond acceptors (Lipinski definition) is 2. The van der Waals surface area contributed by atoms with Crippen molar-refractivity contribution in [3.05, 3.63) is 34.3 Å². The van der Waals surface area contributed by atoms with Crippen molar-refractivity contribution < 1.29 is 4.79 Å². The summed E-state index contributed by atoms with van der Waals surface area (Å²) in [6.45, 7) is 0. The fourth-order valence-corrected chi connectivity index (χ4v) is 1.27. The third kappa shape index (κ3) is 1.86. The first-order chi connectivity index (χ1) is 6.57. The van der Waals surface area contributed by atoms with Gasteiger partial charge >= 0.3 is 0 Å². The summed E-state index contributed by atoms with van der Waals surface area (Å²) < 4.78 is 0. The molecule has 4 heteroatoms. The lowest BCUT2D eigenvalue weighted by atomic mass is 10.1. The minimum atomic E-state index is -0.202. The Kier molecular flexibility index (Phi) is 3.10. The van der Waals surface area contributed by atoms with Gasteiger partial charge in [0.15, 0.2) is 0 Å². The summed E-state index contributed by atoms with van der Waals surface area (Å²) in [7, 11) is 3.27. The third-order valence-corrected chi connectivity index (χ3v) is 2.16. The van der Waals surface area contributed by atoms with E-state index in [0.29, 0.717) is 11.1 Å². The number of rotatable bonds is 1. The van der Waals surface area contributed by atoms with Crippen molar-refractivity contribution in [2.24, 2.45) is 0 Å². The van der Waals surface area contributed by atoms with Gasteiger partial charge in [0.25, 0.3) is 5.91 Å². The largest absolute Gasteiger partial charge is 0.345 e. The molecule has 1 amide bonds. The van der Waals surface area contributed by atoms with E-state index in [9.17, 15) is 4.79 Å². The average Bonchev–Trinajstić information content (AvgIpc) is 2.17. The van der Waals surface area contributed by atoms with E-state index < -0.39 is 0 Å². The minimum Gasteiger partial charge on any atom is -0.345 e. The zero-order valence-electron chi connectivity index (χ0n) is 7.91. The van der Waals surface area contributed by atoms with Crippen LogP contribution in [0.5, 0.6) is 0 Å². The summed E-state index contributed by atoms with van der Waals surface area (Å²) in [4.78, 5) is 13.0. The molecule has 1 rings (SSSR count). The molecule has 0 saturated carbocycles. The van der Waals surface area contributed by atoms with Gasteiger partial charge in [-0.15, -0.1) is 0 Å². The van der Waals surface area contributed by atoms with Crippen LogP contribution < -0.4 is 0 Å². The van der Waals surface area contributed by atoms with Crippen molar-refractivity contribution in [2.45, 2.75) is 0 Å². The Bertz CT molecular complexity index is 407. The van der Waals surface area contributed by atoms with Gasteiger partial charge < -0.3 is 4.90 Å². The molecule has 0 aliphatic carbocycles. The average molecular weight is 209 g/mol. The molecule has 1 aromatic carbocycles. The number of nitriles is 1. The van der Waals surface area contributed by atoms with Gasteiger partial charge in [0, 0.05) is 14.1 Å². The summed E-state index contributed by atoms with van der Waals surface area (Å²) in [5.74, 6) is -0.202. The number of halogens is 1. The smallest absolute Gasteiger partial charge is 0.254 e. The van der Waals surface area contributed by atoms with Crippen molar-refractivity contribution in [1.29, 1.82) is 5.26 Å². The maximum atomic E-state index is 11.6. The second kappa shape index (κ2) is 4.12. The van der Waals surface area contributed by atoms with Gasteiger partial charge in [-0.05, 0) is 12.1 Å². The van der Waals surface area contributed by atoms with Gasteiger partial charge in [-0.1, -0.05) is 17.7 Å². The van der Waals surface area contributed by atoms with Crippen LogP contribution in [0.2, 0.25) is 5.02 Å². The number of carbonyl (C=O) groups is 1. The second-order valence-electron chi connectivity index (χ2n) is 2.98. The molecule has 72 valence electrons. The van der Waals surface area contributed by atoms with Gasteiger partial charge in [-0.25, -0.2) is 0 Å². The van der Waals surface area contributed by atoms with E-state index in [2.05, 4.69) is 0 Å². The van der Waals surface area contributed by atoms with Crippen LogP contribution in [-0.4, -0.2) is 24.9 Å². The van der Waals surface area contributed by atoms with Gasteiger partial charge in [-0.3, -0.25) is 4.79 Å². The fourth-order valence-electron chi connectivity index (χ4n) is 1.02. The molecule has 0 atom stereocenters. The maximum Gasteiger partial charge on any atom is 0.254 e. The highest BCUT2D eigenvalue weighted by Crippen LogP contribution is 2.21. The normalized spacial score (nSPS) is 9.29. The van der Waals surface area contributed by atoms with Gasteiger partial charge in [0.1, 0.15) is 6.07 Å². The summed E-state index contributed by atoms with van der Waals surface area (Å²) >= 11 is 5.88. The molecule has 0 fully saturated rings. The Morgan fingerprint density at radius 1 is 1.50 bits per heavy atom. The molecule has 0 spiro atoms. The lowest BCUT2D eigenvalue weighted by molar-refractivity contribution is 0.0828. The molecule has 0 radical (unpaired) electrons. The molecule has 14 heavy (non-hydrogen) atoms. The molecular formula is C10H9ClN2O. The Morgan fingerprint density at radius 3 is 2.64 bits per heavy atom. The monoisotopic (exact) mass is 208 g/mol. The highest BCUT2D eigenvalue weighted by molar-refractivity contribution is 6.34. The summed E-state index contributed by atoms with van der Waals surface area (Å²) in [5.41, 5.74) is 0.676. The van der Waals surface area contributed by atoms with Crippen molar-refractivity contribution in [1.82, 2.24) is 4.90 Å². The quantitative estimate of drug-likeness (QED) is 0.708. The predicted molar refractivity (Wildman–Crippen MR) is 54.2 cm³/mol. The van der Waals surface area contributed by atoms with Crippen LogP contribution in [0.4, 0.5) is 0 Å². The second-order valence-corrected chi connectivity index (χ2v) is 3.36. The molecule has 3 nitrogen and oxygen atoms in total. The third-order valence-electron chi connectivity index (χ3n) is 1.76. The van der Waals surface area contributed by atoms with E-state index in [0.717, 1.165) is 0 Å². The highest BCUT2D eigenvalue weighted by atomic mass is 35.5. The standard InChI is InChI=1S/C10H9ClN2O/c1-13(2)10(14)8-5-3-4-7(6-12)9(8)11/h3-5H,1-2H3. The van der Waals surface area contributed by atoms with Crippen LogP contribution in [0.1, 0.15) is 15.9 Å². The number of nitrogens with zero attached hydrogens (tertiary/aromatic N) is 2. The Morgan fingerprint density at radius 2 is 2.14 bits per heavy atom. The van der Waals surface area contributed by atoms with Crippen molar-refractivity contribution in [3.8, 4) is 6.07 Å². The summed E-state index contributed by atoms with van der Waals surface area (Å²) in [6.07, 6.45) is 0. The van der Waals surface area contributed by atoms with Crippen molar-refractivity contribution in [3.63, 3.8) is 0 Å². The molecule has 1 aromatic rings. The van der Waals surface area contributed by atoms with E-state index in [-0.39, 0.29) is 10.9 Å². The van der Waals surface area contributed by atoms with E-state index in [1.807, 2.05) is 6.07 Å². The van der Waals surface area contributed by atoms with Gasteiger partial charge in [-0.2, -0.15) is 5.26 Å². The van der Waals surface area contributed by atoms with E-state index >= 15 is 0 Å². The zero-order valence-corrected chi connectivity index (χ0v) is 8.67. The van der Waals surface area contributed by atoms with Crippen LogP contribution >= 0.6 is 11.6 Å². The lowest BCUT2D eigenvalue weighted by Gasteiger charge is -2.11. The highest BCUT2D eigenvalue weighted by Gasteiger charge is 2.14. The first-order valence-corrected chi connectivity index (χ1v) is 4.36. The molecule has 0 aliphatic heterocycles.